The first kappa shape index (κ1) is 15.6. The number of likely N-dealkylation sites (tertiary alicyclic amines) is 1. The van der Waals surface area contributed by atoms with Crippen molar-refractivity contribution in [2.75, 3.05) is 49.6 Å². The maximum atomic E-state index is 11.5. The minimum atomic E-state index is -2.84. The second kappa shape index (κ2) is 6.46. The first-order valence-corrected chi connectivity index (χ1v) is 9.75. The number of hydrogen-bond acceptors (Lipinski definition) is 5. The van der Waals surface area contributed by atoms with Crippen molar-refractivity contribution in [3.05, 3.63) is 24.3 Å². The van der Waals surface area contributed by atoms with Crippen LogP contribution in [0.3, 0.4) is 0 Å². The second-order valence-corrected chi connectivity index (χ2v) is 8.56. The van der Waals surface area contributed by atoms with E-state index in [4.69, 9.17) is 4.74 Å². The molecule has 1 aromatic carbocycles. The van der Waals surface area contributed by atoms with Crippen molar-refractivity contribution in [1.29, 1.82) is 0 Å². The third-order valence-corrected chi connectivity index (χ3v) is 6.10. The number of sulfone groups is 1. The summed E-state index contributed by atoms with van der Waals surface area (Å²) in [5.74, 6) is 1.38. The minimum Gasteiger partial charge on any atom is -0.490 e. The van der Waals surface area contributed by atoms with Gasteiger partial charge in [0.25, 0.3) is 0 Å². The summed E-state index contributed by atoms with van der Waals surface area (Å²) in [7, 11) is -0.699. The van der Waals surface area contributed by atoms with Crippen molar-refractivity contribution in [2.45, 2.75) is 18.9 Å². The summed E-state index contributed by atoms with van der Waals surface area (Å²) in [4.78, 5) is 4.45. The van der Waals surface area contributed by atoms with E-state index >= 15 is 0 Å². The number of hydrogen-bond donors (Lipinski definition) is 0. The first-order valence-electron chi connectivity index (χ1n) is 7.92. The van der Waals surface area contributed by atoms with Gasteiger partial charge in [-0.25, -0.2) is 8.42 Å². The zero-order valence-electron chi connectivity index (χ0n) is 13.1. The Kier molecular flexibility index (Phi) is 4.59. The molecule has 0 radical (unpaired) electrons. The van der Waals surface area contributed by atoms with Crippen LogP contribution in [0.15, 0.2) is 24.3 Å². The summed E-state index contributed by atoms with van der Waals surface area (Å²) < 4.78 is 29.2. The fraction of sp³-hybridized carbons (Fsp3) is 0.625. The van der Waals surface area contributed by atoms with Gasteiger partial charge in [0.2, 0.25) is 0 Å². The van der Waals surface area contributed by atoms with Crippen molar-refractivity contribution >= 4 is 15.5 Å². The van der Waals surface area contributed by atoms with Crippen LogP contribution in [0, 0.1) is 0 Å². The molecule has 2 heterocycles. The average Bonchev–Trinajstić information content (AvgIpc) is 2.50. The number of ether oxygens (including phenoxy) is 1. The summed E-state index contributed by atoms with van der Waals surface area (Å²) in [6, 6.07) is 8.04. The van der Waals surface area contributed by atoms with E-state index in [1.54, 1.807) is 0 Å². The Hall–Kier alpha value is -1.27. The fourth-order valence-corrected chi connectivity index (χ4v) is 4.22. The van der Waals surface area contributed by atoms with Crippen LogP contribution in [0.2, 0.25) is 0 Å². The predicted molar refractivity (Wildman–Crippen MR) is 88.5 cm³/mol. The molecular formula is C16H24N2O3S. The van der Waals surface area contributed by atoms with Gasteiger partial charge in [-0.05, 0) is 32.0 Å². The monoisotopic (exact) mass is 324 g/mol. The highest BCUT2D eigenvalue weighted by atomic mass is 32.2. The minimum absolute atomic E-state index is 0.243. The zero-order valence-corrected chi connectivity index (χ0v) is 13.9. The molecule has 3 rings (SSSR count). The van der Waals surface area contributed by atoms with Gasteiger partial charge in [0.1, 0.15) is 11.9 Å². The maximum absolute atomic E-state index is 11.5. The molecule has 0 atom stereocenters. The Morgan fingerprint density at radius 3 is 2.45 bits per heavy atom. The molecule has 2 aliphatic rings. The standard InChI is InChI=1S/C16H24N2O3S/c1-17-7-5-15(6-8-17)21-16-4-2-3-14(13-16)18-9-11-22(19,20)12-10-18/h2-4,13,15H,5-12H2,1H3. The smallest absolute Gasteiger partial charge is 0.153 e. The molecule has 22 heavy (non-hydrogen) atoms. The molecule has 0 bridgehead atoms. The van der Waals surface area contributed by atoms with E-state index < -0.39 is 9.84 Å². The number of benzene rings is 1. The normalized spacial score (nSPS) is 23.4. The quantitative estimate of drug-likeness (QED) is 0.841. The molecule has 1 aromatic rings. The topological polar surface area (TPSA) is 49.9 Å². The fourth-order valence-electron chi connectivity index (χ4n) is 3.02. The molecule has 0 amide bonds. The molecule has 0 unspecified atom stereocenters. The van der Waals surface area contributed by atoms with E-state index in [0.717, 1.165) is 37.4 Å². The van der Waals surface area contributed by atoms with Gasteiger partial charge in [0.05, 0.1) is 11.5 Å². The van der Waals surface area contributed by atoms with Gasteiger partial charge in [0, 0.05) is 37.9 Å². The SMILES string of the molecule is CN1CCC(Oc2cccc(N3CCS(=O)(=O)CC3)c2)CC1. The lowest BCUT2D eigenvalue weighted by Crippen LogP contribution is -2.40. The number of nitrogens with zero attached hydrogens (tertiary/aromatic N) is 2. The van der Waals surface area contributed by atoms with Crippen LogP contribution in [0.5, 0.6) is 5.75 Å². The Bertz CT molecular complexity index is 596. The molecule has 0 aromatic heterocycles. The lowest BCUT2D eigenvalue weighted by Gasteiger charge is -2.31. The molecule has 122 valence electrons. The van der Waals surface area contributed by atoms with Crippen LogP contribution < -0.4 is 9.64 Å². The van der Waals surface area contributed by atoms with Crippen molar-refractivity contribution in [2.24, 2.45) is 0 Å². The molecule has 0 spiro atoms. The predicted octanol–water partition coefficient (Wildman–Crippen LogP) is 1.39. The molecular weight excluding hydrogens is 300 g/mol. The third kappa shape index (κ3) is 3.93. The second-order valence-electron chi connectivity index (χ2n) is 6.26. The van der Waals surface area contributed by atoms with Crippen molar-refractivity contribution in [3.63, 3.8) is 0 Å². The summed E-state index contributed by atoms with van der Waals surface area (Å²) in [5, 5.41) is 0. The highest BCUT2D eigenvalue weighted by Gasteiger charge is 2.22. The van der Waals surface area contributed by atoms with Gasteiger partial charge < -0.3 is 14.5 Å². The Morgan fingerprint density at radius 1 is 1.09 bits per heavy atom. The van der Waals surface area contributed by atoms with Gasteiger partial charge in [-0.1, -0.05) is 6.07 Å². The van der Waals surface area contributed by atoms with Crippen LogP contribution in [0.4, 0.5) is 5.69 Å². The molecule has 5 nitrogen and oxygen atoms in total. The lowest BCUT2D eigenvalue weighted by atomic mass is 10.1. The van der Waals surface area contributed by atoms with Crippen LogP contribution in [-0.2, 0) is 9.84 Å². The van der Waals surface area contributed by atoms with Crippen molar-refractivity contribution in [3.8, 4) is 5.75 Å². The molecule has 2 saturated heterocycles. The van der Waals surface area contributed by atoms with Crippen molar-refractivity contribution in [1.82, 2.24) is 4.90 Å². The van der Waals surface area contributed by atoms with Crippen LogP contribution in [-0.4, -0.2) is 64.2 Å². The van der Waals surface area contributed by atoms with E-state index in [2.05, 4.69) is 16.8 Å². The highest BCUT2D eigenvalue weighted by Crippen LogP contribution is 2.25. The van der Waals surface area contributed by atoms with Gasteiger partial charge in [-0.15, -0.1) is 0 Å². The Morgan fingerprint density at radius 2 is 1.77 bits per heavy atom. The molecule has 6 heteroatoms. The van der Waals surface area contributed by atoms with E-state index in [0.29, 0.717) is 13.1 Å². The van der Waals surface area contributed by atoms with E-state index in [9.17, 15) is 8.42 Å². The highest BCUT2D eigenvalue weighted by molar-refractivity contribution is 7.91. The van der Waals surface area contributed by atoms with Crippen molar-refractivity contribution < 1.29 is 13.2 Å². The van der Waals surface area contributed by atoms with E-state index in [1.165, 1.54) is 0 Å². The summed E-state index contributed by atoms with van der Waals surface area (Å²) >= 11 is 0. The Balaban J connectivity index is 1.63. The van der Waals surface area contributed by atoms with Crippen LogP contribution >= 0.6 is 0 Å². The lowest BCUT2D eigenvalue weighted by molar-refractivity contribution is 0.114. The first-order chi connectivity index (χ1) is 10.5. The van der Waals surface area contributed by atoms with Crippen LogP contribution in [0.25, 0.3) is 0 Å². The summed E-state index contributed by atoms with van der Waals surface area (Å²) in [5.41, 5.74) is 1.06. The number of rotatable bonds is 3. The zero-order chi connectivity index (χ0) is 15.6. The molecule has 0 aliphatic carbocycles. The molecule has 2 aliphatic heterocycles. The largest absolute Gasteiger partial charge is 0.490 e. The summed E-state index contributed by atoms with van der Waals surface area (Å²) in [6.45, 7) is 3.29. The number of anilines is 1. The van der Waals surface area contributed by atoms with E-state index in [-0.39, 0.29) is 17.6 Å². The van der Waals surface area contributed by atoms with Crippen LogP contribution in [0.1, 0.15) is 12.8 Å². The molecule has 0 N–H and O–H groups in total. The van der Waals surface area contributed by atoms with Gasteiger partial charge in [0.15, 0.2) is 9.84 Å². The van der Waals surface area contributed by atoms with Gasteiger partial charge >= 0.3 is 0 Å². The Labute approximate surface area is 132 Å². The third-order valence-electron chi connectivity index (χ3n) is 4.50. The molecule has 2 fully saturated rings. The van der Waals surface area contributed by atoms with E-state index in [1.807, 2.05) is 24.3 Å². The van der Waals surface area contributed by atoms with Gasteiger partial charge in [-0.2, -0.15) is 0 Å². The molecule has 0 saturated carbocycles. The average molecular weight is 324 g/mol. The van der Waals surface area contributed by atoms with Gasteiger partial charge in [-0.3, -0.25) is 0 Å². The summed E-state index contributed by atoms with van der Waals surface area (Å²) in [6.07, 6.45) is 2.40. The number of piperidine rings is 1. The maximum Gasteiger partial charge on any atom is 0.153 e.